The van der Waals surface area contributed by atoms with Gasteiger partial charge in [0.25, 0.3) is 5.91 Å². The zero-order valence-corrected chi connectivity index (χ0v) is 15.5. The molecule has 3 aromatic rings. The number of carbonyl (C=O) groups excluding carboxylic acids is 1. The van der Waals surface area contributed by atoms with E-state index >= 15 is 0 Å². The normalized spacial score (nSPS) is 13.4. The minimum Gasteiger partial charge on any atom is -0.471 e. The number of rotatable bonds is 5. The minimum absolute atomic E-state index is 0.0231. The van der Waals surface area contributed by atoms with E-state index in [-0.39, 0.29) is 24.9 Å². The second kappa shape index (κ2) is 7.26. The van der Waals surface area contributed by atoms with Crippen molar-refractivity contribution in [2.75, 3.05) is 30.4 Å². The summed E-state index contributed by atoms with van der Waals surface area (Å²) in [4.78, 5) is 24.4. The lowest BCUT2D eigenvalue weighted by atomic mass is 10.2. The average Bonchev–Trinajstić information content (AvgIpc) is 3.12. The SMILES string of the molecule is CN(C)c1ccc(F)c(N2CCn3nc(COc4ccccn4)cc3C2=O)n1. The Morgan fingerprint density at radius 2 is 2.07 bits per heavy atom. The van der Waals surface area contributed by atoms with E-state index < -0.39 is 5.82 Å². The van der Waals surface area contributed by atoms with Gasteiger partial charge in [-0.25, -0.2) is 14.4 Å². The van der Waals surface area contributed by atoms with Crippen molar-refractivity contribution in [3.63, 3.8) is 0 Å². The molecule has 0 fully saturated rings. The number of anilines is 2. The number of pyridine rings is 2. The molecule has 0 aromatic carbocycles. The van der Waals surface area contributed by atoms with Gasteiger partial charge in [-0.3, -0.25) is 14.4 Å². The molecule has 0 spiro atoms. The molecular weight excluding hydrogens is 363 g/mol. The first-order valence-electron chi connectivity index (χ1n) is 8.79. The van der Waals surface area contributed by atoms with Crippen LogP contribution in [0.2, 0.25) is 0 Å². The van der Waals surface area contributed by atoms with Crippen molar-refractivity contribution in [3.8, 4) is 5.88 Å². The molecule has 9 heteroatoms. The van der Waals surface area contributed by atoms with Gasteiger partial charge in [-0.05, 0) is 24.3 Å². The van der Waals surface area contributed by atoms with E-state index in [0.717, 1.165) is 0 Å². The number of amides is 1. The molecule has 1 amide bonds. The van der Waals surface area contributed by atoms with Crippen LogP contribution in [0.4, 0.5) is 16.0 Å². The molecule has 0 aliphatic carbocycles. The van der Waals surface area contributed by atoms with Crippen molar-refractivity contribution in [2.45, 2.75) is 13.2 Å². The summed E-state index contributed by atoms with van der Waals surface area (Å²) in [6.07, 6.45) is 1.64. The van der Waals surface area contributed by atoms with Gasteiger partial charge in [-0.2, -0.15) is 5.10 Å². The molecule has 0 saturated carbocycles. The van der Waals surface area contributed by atoms with Crippen molar-refractivity contribution < 1.29 is 13.9 Å². The Kier molecular flexibility index (Phi) is 4.64. The van der Waals surface area contributed by atoms with E-state index in [1.54, 1.807) is 40.0 Å². The Hall–Kier alpha value is -3.49. The first-order valence-corrected chi connectivity index (χ1v) is 8.79. The van der Waals surface area contributed by atoms with Crippen LogP contribution in [0.3, 0.4) is 0 Å². The molecule has 8 nitrogen and oxygen atoms in total. The highest BCUT2D eigenvalue weighted by atomic mass is 19.1. The maximum absolute atomic E-state index is 14.4. The second-order valence-corrected chi connectivity index (χ2v) is 6.53. The third-order valence-electron chi connectivity index (χ3n) is 4.36. The van der Waals surface area contributed by atoms with Crippen LogP contribution in [0.5, 0.6) is 5.88 Å². The Labute approximate surface area is 161 Å². The largest absolute Gasteiger partial charge is 0.471 e. The van der Waals surface area contributed by atoms with Gasteiger partial charge < -0.3 is 9.64 Å². The van der Waals surface area contributed by atoms with E-state index in [1.165, 1.54) is 11.0 Å². The third-order valence-corrected chi connectivity index (χ3v) is 4.36. The summed E-state index contributed by atoms with van der Waals surface area (Å²) in [7, 11) is 3.62. The monoisotopic (exact) mass is 382 g/mol. The molecule has 1 aliphatic heterocycles. The van der Waals surface area contributed by atoms with Gasteiger partial charge in [0.15, 0.2) is 11.6 Å². The topological polar surface area (TPSA) is 76.4 Å². The van der Waals surface area contributed by atoms with Gasteiger partial charge in [-0.1, -0.05) is 6.07 Å². The van der Waals surface area contributed by atoms with Crippen molar-refractivity contribution in [1.82, 2.24) is 19.7 Å². The van der Waals surface area contributed by atoms with Gasteiger partial charge in [0.05, 0.1) is 6.54 Å². The van der Waals surface area contributed by atoms with Crippen LogP contribution < -0.4 is 14.5 Å². The van der Waals surface area contributed by atoms with E-state index in [2.05, 4.69) is 15.1 Å². The molecular formula is C19H19FN6O2. The van der Waals surface area contributed by atoms with Crippen LogP contribution in [-0.4, -0.2) is 46.3 Å². The van der Waals surface area contributed by atoms with Crippen LogP contribution in [0.1, 0.15) is 16.2 Å². The minimum atomic E-state index is -0.536. The zero-order chi connectivity index (χ0) is 19.7. The quantitative estimate of drug-likeness (QED) is 0.673. The summed E-state index contributed by atoms with van der Waals surface area (Å²) < 4.78 is 21.6. The summed E-state index contributed by atoms with van der Waals surface area (Å²) in [6.45, 7) is 0.917. The molecule has 3 aromatic heterocycles. The second-order valence-electron chi connectivity index (χ2n) is 6.53. The van der Waals surface area contributed by atoms with Gasteiger partial charge in [0.2, 0.25) is 5.88 Å². The fourth-order valence-corrected chi connectivity index (χ4v) is 2.96. The maximum Gasteiger partial charge on any atom is 0.277 e. The molecule has 0 saturated heterocycles. The van der Waals surface area contributed by atoms with Crippen LogP contribution in [0.25, 0.3) is 0 Å². The fourth-order valence-electron chi connectivity index (χ4n) is 2.96. The van der Waals surface area contributed by atoms with Gasteiger partial charge >= 0.3 is 0 Å². The third kappa shape index (κ3) is 3.38. The Balaban J connectivity index is 1.56. The van der Waals surface area contributed by atoms with Crippen molar-refractivity contribution in [3.05, 3.63) is 59.8 Å². The predicted octanol–water partition coefficient (Wildman–Crippen LogP) is 2.12. The molecule has 4 rings (SSSR count). The summed E-state index contributed by atoms with van der Waals surface area (Å²) in [5, 5.41) is 4.41. The van der Waals surface area contributed by atoms with E-state index in [4.69, 9.17) is 4.74 Å². The van der Waals surface area contributed by atoms with Crippen LogP contribution in [0.15, 0.2) is 42.6 Å². The number of carbonyl (C=O) groups is 1. The van der Waals surface area contributed by atoms with Gasteiger partial charge in [-0.15, -0.1) is 0 Å². The number of hydrogen-bond donors (Lipinski definition) is 0. The zero-order valence-electron chi connectivity index (χ0n) is 15.5. The predicted molar refractivity (Wildman–Crippen MR) is 101 cm³/mol. The number of ether oxygens (including phenoxy) is 1. The van der Waals surface area contributed by atoms with Gasteiger partial charge in [0.1, 0.15) is 23.8 Å². The molecule has 0 bridgehead atoms. The summed E-state index contributed by atoms with van der Waals surface area (Å²) in [5.74, 6) is 0.201. The Morgan fingerprint density at radius 1 is 1.21 bits per heavy atom. The average molecular weight is 382 g/mol. The molecule has 0 atom stereocenters. The molecule has 0 unspecified atom stereocenters. The highest BCUT2D eigenvalue weighted by Crippen LogP contribution is 2.25. The number of hydrogen-bond acceptors (Lipinski definition) is 6. The highest BCUT2D eigenvalue weighted by molar-refractivity contribution is 6.05. The molecule has 144 valence electrons. The molecule has 0 N–H and O–H groups in total. The molecule has 1 aliphatic rings. The lowest BCUT2D eigenvalue weighted by Crippen LogP contribution is -2.41. The van der Waals surface area contributed by atoms with Crippen LogP contribution >= 0.6 is 0 Å². The maximum atomic E-state index is 14.4. The Morgan fingerprint density at radius 3 is 2.82 bits per heavy atom. The summed E-state index contributed by atoms with van der Waals surface area (Å²) in [6, 6.07) is 9.92. The fraction of sp³-hybridized carbons (Fsp3) is 0.263. The van der Waals surface area contributed by atoms with Crippen molar-refractivity contribution in [1.29, 1.82) is 0 Å². The highest BCUT2D eigenvalue weighted by Gasteiger charge is 2.30. The lowest BCUT2D eigenvalue weighted by Gasteiger charge is -2.27. The lowest BCUT2D eigenvalue weighted by molar-refractivity contribution is 0.0960. The smallest absolute Gasteiger partial charge is 0.277 e. The first kappa shape index (κ1) is 17.9. The number of aromatic nitrogens is 4. The van der Waals surface area contributed by atoms with E-state index in [9.17, 15) is 9.18 Å². The summed E-state index contributed by atoms with van der Waals surface area (Å²) in [5.41, 5.74) is 0.980. The standard InChI is InChI=1S/C19H19FN6O2/c1-24(2)16-7-6-14(20)18(22-16)25-9-10-26-15(19(25)27)11-13(23-26)12-28-17-5-3-4-8-21-17/h3-8,11H,9-10,12H2,1-2H3. The molecule has 0 radical (unpaired) electrons. The van der Waals surface area contributed by atoms with E-state index in [0.29, 0.717) is 29.6 Å². The van der Waals surface area contributed by atoms with Crippen LogP contribution in [-0.2, 0) is 13.2 Å². The Bertz CT molecular complexity index is 1000. The number of fused-ring (bicyclic) bond motifs is 1. The van der Waals surface area contributed by atoms with Crippen molar-refractivity contribution >= 4 is 17.5 Å². The van der Waals surface area contributed by atoms with Gasteiger partial charge in [0, 0.05) is 32.9 Å². The number of nitrogens with zero attached hydrogens (tertiary/aromatic N) is 6. The van der Waals surface area contributed by atoms with Crippen molar-refractivity contribution in [2.24, 2.45) is 0 Å². The van der Waals surface area contributed by atoms with E-state index in [1.807, 2.05) is 20.2 Å². The molecule has 28 heavy (non-hydrogen) atoms. The molecule has 4 heterocycles. The first-order chi connectivity index (χ1) is 13.5. The van der Waals surface area contributed by atoms with Crippen LogP contribution in [0, 0.1) is 5.82 Å². The summed E-state index contributed by atoms with van der Waals surface area (Å²) >= 11 is 0. The number of halogens is 1.